The van der Waals surface area contributed by atoms with Crippen LogP contribution in [0.15, 0.2) is 24.3 Å². The second kappa shape index (κ2) is 7.85. The lowest BCUT2D eigenvalue weighted by Crippen LogP contribution is -2.29. The molecule has 0 spiro atoms. The van der Waals surface area contributed by atoms with Gasteiger partial charge in [-0.2, -0.15) is 0 Å². The molecule has 0 bridgehead atoms. The highest BCUT2D eigenvalue weighted by atomic mass is 35.5. The summed E-state index contributed by atoms with van der Waals surface area (Å²) < 4.78 is 31.3. The van der Waals surface area contributed by atoms with Gasteiger partial charge in [-0.3, -0.25) is 0 Å². The second-order valence-electron chi connectivity index (χ2n) is 4.41. The Balaban J connectivity index is 2.53. The molecule has 1 aromatic carbocycles. The van der Waals surface area contributed by atoms with Gasteiger partial charge < -0.3 is 4.74 Å². The number of nitrogens with one attached hydrogen (secondary N) is 1. The Hall–Kier alpha value is -0.620. The molecule has 108 valence electrons. The molecule has 0 aliphatic heterocycles. The number of rotatable bonds is 8. The lowest BCUT2D eigenvalue weighted by atomic mass is 10.1. The smallest absolute Gasteiger partial charge is 0.212 e. The van der Waals surface area contributed by atoms with Gasteiger partial charge >= 0.3 is 0 Å². The summed E-state index contributed by atoms with van der Waals surface area (Å²) in [6.07, 6.45) is 1.33. The van der Waals surface area contributed by atoms with E-state index in [4.69, 9.17) is 16.3 Å². The van der Waals surface area contributed by atoms with Crippen molar-refractivity contribution >= 4 is 21.6 Å². The molecule has 1 N–H and O–H groups in total. The maximum absolute atomic E-state index is 11.9. The Labute approximate surface area is 120 Å². The maximum Gasteiger partial charge on any atom is 0.212 e. The van der Waals surface area contributed by atoms with Gasteiger partial charge in [-0.05, 0) is 37.5 Å². The molecule has 0 amide bonds. The number of sulfonamides is 1. The highest BCUT2D eigenvalue weighted by molar-refractivity contribution is 7.89. The largest absolute Gasteiger partial charge is 0.385 e. The minimum atomic E-state index is -3.27. The first-order valence-electron chi connectivity index (χ1n) is 6.19. The number of hydrogen-bond donors (Lipinski definition) is 1. The fraction of sp³-hybridized carbons (Fsp3) is 0.538. The zero-order valence-corrected chi connectivity index (χ0v) is 12.8. The Morgan fingerprint density at radius 3 is 2.74 bits per heavy atom. The van der Waals surface area contributed by atoms with Gasteiger partial charge in [-0.15, -0.1) is 0 Å². The Morgan fingerprint density at radius 1 is 1.37 bits per heavy atom. The predicted octanol–water partition coefficient (Wildman–Crippen LogP) is 2.75. The number of unbranched alkanes of at least 4 members (excludes halogenated alkanes) is 1. The summed E-state index contributed by atoms with van der Waals surface area (Å²) in [5, 5.41) is 0.601. The molecule has 0 heterocycles. The molecule has 0 aliphatic rings. The molecule has 0 aromatic heterocycles. The standard InChI is InChI=1S/C13H20ClNO3S/c1-11(12-6-5-7-13(14)10-12)15-19(16,17)9-4-3-8-18-2/h5-7,10-11,15H,3-4,8-9H2,1-2H3/t11-/m0/s1. The van der Waals surface area contributed by atoms with Crippen LogP contribution in [0.1, 0.15) is 31.4 Å². The summed E-state index contributed by atoms with van der Waals surface area (Å²) in [5.41, 5.74) is 0.855. The molecule has 1 atom stereocenters. The molecule has 6 heteroatoms. The minimum Gasteiger partial charge on any atom is -0.385 e. The highest BCUT2D eigenvalue weighted by Crippen LogP contribution is 2.18. The Morgan fingerprint density at radius 2 is 2.11 bits per heavy atom. The summed E-state index contributed by atoms with van der Waals surface area (Å²) in [6.45, 7) is 2.39. The van der Waals surface area contributed by atoms with Crippen LogP contribution in [0.3, 0.4) is 0 Å². The molecule has 1 rings (SSSR count). The molecule has 0 unspecified atom stereocenters. The zero-order valence-electron chi connectivity index (χ0n) is 11.2. The van der Waals surface area contributed by atoms with Gasteiger partial charge in [-0.1, -0.05) is 23.7 Å². The van der Waals surface area contributed by atoms with Gasteiger partial charge in [-0.25, -0.2) is 13.1 Å². The second-order valence-corrected chi connectivity index (χ2v) is 6.72. The Bertz CT molecular complexity index is 490. The average molecular weight is 306 g/mol. The van der Waals surface area contributed by atoms with Gasteiger partial charge in [0, 0.05) is 24.8 Å². The van der Waals surface area contributed by atoms with E-state index < -0.39 is 10.0 Å². The van der Waals surface area contributed by atoms with E-state index in [2.05, 4.69) is 4.72 Å². The molecule has 19 heavy (non-hydrogen) atoms. The van der Waals surface area contributed by atoms with Crippen molar-refractivity contribution in [1.82, 2.24) is 4.72 Å². The first-order chi connectivity index (χ1) is 8.94. The third-order valence-corrected chi connectivity index (χ3v) is 4.49. The van der Waals surface area contributed by atoms with Crippen LogP contribution in [0.4, 0.5) is 0 Å². The van der Waals surface area contributed by atoms with E-state index >= 15 is 0 Å². The lowest BCUT2D eigenvalue weighted by molar-refractivity contribution is 0.194. The van der Waals surface area contributed by atoms with E-state index in [9.17, 15) is 8.42 Å². The molecule has 0 radical (unpaired) electrons. The molecule has 0 fully saturated rings. The molecule has 0 saturated carbocycles. The van der Waals surface area contributed by atoms with Gasteiger partial charge in [0.15, 0.2) is 0 Å². The lowest BCUT2D eigenvalue weighted by Gasteiger charge is -2.14. The van der Waals surface area contributed by atoms with E-state index in [0.717, 1.165) is 12.0 Å². The number of benzene rings is 1. The third kappa shape index (κ3) is 6.38. The van der Waals surface area contributed by atoms with Crippen molar-refractivity contribution in [3.8, 4) is 0 Å². The van der Waals surface area contributed by atoms with Crippen molar-refractivity contribution in [2.75, 3.05) is 19.5 Å². The van der Waals surface area contributed by atoms with Crippen LogP contribution in [0, 0.1) is 0 Å². The summed E-state index contributed by atoms with van der Waals surface area (Å²) in [6, 6.07) is 6.90. The van der Waals surface area contributed by atoms with Crippen LogP contribution in [0.5, 0.6) is 0 Å². The topological polar surface area (TPSA) is 55.4 Å². The van der Waals surface area contributed by atoms with Crippen LogP contribution < -0.4 is 4.72 Å². The molecular formula is C13H20ClNO3S. The maximum atomic E-state index is 11.9. The van der Waals surface area contributed by atoms with Crippen LogP contribution >= 0.6 is 11.6 Å². The quantitative estimate of drug-likeness (QED) is 0.751. The van der Waals surface area contributed by atoms with Crippen LogP contribution in [0.2, 0.25) is 5.02 Å². The van der Waals surface area contributed by atoms with E-state index in [1.165, 1.54) is 0 Å². The van der Waals surface area contributed by atoms with Gasteiger partial charge in [0.25, 0.3) is 0 Å². The van der Waals surface area contributed by atoms with Gasteiger partial charge in [0.1, 0.15) is 0 Å². The van der Waals surface area contributed by atoms with E-state index in [1.807, 2.05) is 6.07 Å². The Kier molecular flexibility index (Phi) is 6.79. The van der Waals surface area contributed by atoms with E-state index in [-0.39, 0.29) is 11.8 Å². The average Bonchev–Trinajstić information content (AvgIpc) is 2.34. The SMILES string of the molecule is COCCCCS(=O)(=O)N[C@@H](C)c1cccc(Cl)c1. The van der Waals surface area contributed by atoms with Crippen molar-refractivity contribution in [2.24, 2.45) is 0 Å². The zero-order chi connectivity index (χ0) is 14.3. The number of ether oxygens (including phenoxy) is 1. The summed E-state index contributed by atoms with van der Waals surface area (Å²) >= 11 is 5.89. The molecule has 0 saturated heterocycles. The predicted molar refractivity (Wildman–Crippen MR) is 77.9 cm³/mol. The monoisotopic (exact) mass is 305 g/mol. The number of hydrogen-bond acceptors (Lipinski definition) is 3. The normalized spacial score (nSPS) is 13.4. The summed E-state index contributed by atoms with van der Waals surface area (Å²) in [4.78, 5) is 0. The van der Waals surface area contributed by atoms with Gasteiger partial charge in [0.2, 0.25) is 10.0 Å². The molecule has 4 nitrogen and oxygen atoms in total. The molecule has 1 aromatic rings. The van der Waals surface area contributed by atoms with Crippen molar-refractivity contribution in [2.45, 2.75) is 25.8 Å². The number of halogens is 1. The van der Waals surface area contributed by atoms with E-state index in [1.54, 1.807) is 32.2 Å². The minimum absolute atomic E-state index is 0.112. The molecular weight excluding hydrogens is 286 g/mol. The number of methoxy groups -OCH3 is 1. The van der Waals surface area contributed by atoms with Crippen molar-refractivity contribution in [3.63, 3.8) is 0 Å². The third-order valence-electron chi connectivity index (χ3n) is 2.72. The van der Waals surface area contributed by atoms with E-state index in [0.29, 0.717) is 18.1 Å². The van der Waals surface area contributed by atoms with Crippen LogP contribution in [-0.2, 0) is 14.8 Å². The summed E-state index contributed by atoms with van der Waals surface area (Å²) in [5.74, 6) is 0.112. The molecule has 0 aliphatic carbocycles. The fourth-order valence-electron chi connectivity index (χ4n) is 1.71. The van der Waals surface area contributed by atoms with Crippen LogP contribution in [-0.4, -0.2) is 27.9 Å². The summed E-state index contributed by atoms with van der Waals surface area (Å²) in [7, 11) is -1.67. The highest BCUT2D eigenvalue weighted by Gasteiger charge is 2.15. The first-order valence-corrected chi connectivity index (χ1v) is 8.22. The van der Waals surface area contributed by atoms with Crippen molar-refractivity contribution in [1.29, 1.82) is 0 Å². The van der Waals surface area contributed by atoms with Crippen LogP contribution in [0.25, 0.3) is 0 Å². The first kappa shape index (κ1) is 16.4. The van der Waals surface area contributed by atoms with Crippen molar-refractivity contribution < 1.29 is 13.2 Å². The van der Waals surface area contributed by atoms with Crippen molar-refractivity contribution in [3.05, 3.63) is 34.9 Å². The van der Waals surface area contributed by atoms with Gasteiger partial charge in [0.05, 0.1) is 5.75 Å². The fourth-order valence-corrected chi connectivity index (χ4v) is 3.29.